The number of fused-ring (bicyclic) bond motifs is 1. The van der Waals surface area contributed by atoms with E-state index in [1.54, 1.807) is 17.8 Å². The Morgan fingerprint density at radius 3 is 2.51 bits per heavy atom. The number of carbonyl (C=O) groups excluding carboxylic acids is 1. The molecule has 1 saturated heterocycles. The van der Waals surface area contributed by atoms with Gasteiger partial charge in [-0.2, -0.15) is 0 Å². The molecule has 180 valence electrons. The Bertz CT molecular complexity index is 1450. The Labute approximate surface area is 202 Å². The normalized spacial score (nSPS) is 13.9. The lowest BCUT2D eigenvalue weighted by atomic mass is 10.0. The Hall–Kier alpha value is -3.98. The first-order valence-electron chi connectivity index (χ1n) is 11.5. The zero-order valence-corrected chi connectivity index (χ0v) is 20.0. The molecule has 3 heterocycles. The molecule has 35 heavy (non-hydrogen) atoms. The molecule has 4 aromatic rings. The molecule has 0 unspecified atom stereocenters. The molecule has 0 atom stereocenters. The van der Waals surface area contributed by atoms with E-state index in [1.807, 2.05) is 54.3 Å². The Balaban J connectivity index is 1.51. The first-order chi connectivity index (χ1) is 17.0. The summed E-state index contributed by atoms with van der Waals surface area (Å²) in [6, 6.07) is 11.2. The largest absolute Gasteiger partial charge is 0.465 e. The van der Waals surface area contributed by atoms with Crippen molar-refractivity contribution < 1.29 is 14.3 Å². The van der Waals surface area contributed by atoms with E-state index in [0.29, 0.717) is 36.7 Å². The van der Waals surface area contributed by atoms with E-state index in [2.05, 4.69) is 14.9 Å². The lowest BCUT2D eigenvalue weighted by Gasteiger charge is -2.26. The van der Waals surface area contributed by atoms with Crippen LogP contribution in [0, 0.1) is 6.92 Å². The molecule has 1 aliphatic rings. The van der Waals surface area contributed by atoms with E-state index in [0.717, 1.165) is 40.9 Å². The first-order valence-corrected chi connectivity index (χ1v) is 11.5. The van der Waals surface area contributed by atoms with Crippen molar-refractivity contribution in [1.82, 2.24) is 19.3 Å². The van der Waals surface area contributed by atoms with Crippen molar-refractivity contribution >= 4 is 22.8 Å². The molecule has 9 heteroatoms. The third-order valence-electron chi connectivity index (χ3n) is 6.52. The van der Waals surface area contributed by atoms with Crippen LogP contribution in [0.3, 0.4) is 0 Å². The van der Waals surface area contributed by atoms with E-state index in [-0.39, 0.29) is 11.5 Å². The topological polar surface area (TPSA) is 91.5 Å². The van der Waals surface area contributed by atoms with Gasteiger partial charge in [0.2, 0.25) is 5.95 Å². The van der Waals surface area contributed by atoms with Crippen molar-refractivity contribution in [3.05, 3.63) is 75.8 Å². The minimum atomic E-state index is -0.389. The summed E-state index contributed by atoms with van der Waals surface area (Å²) >= 11 is 0. The summed E-state index contributed by atoms with van der Waals surface area (Å²) < 4.78 is 13.8. The molecule has 2 aromatic carbocycles. The third-order valence-corrected chi connectivity index (χ3v) is 6.52. The van der Waals surface area contributed by atoms with Gasteiger partial charge in [0.15, 0.2) is 0 Å². The Morgan fingerprint density at radius 1 is 1.06 bits per heavy atom. The van der Waals surface area contributed by atoms with E-state index in [4.69, 9.17) is 9.47 Å². The molecule has 5 rings (SSSR count). The summed E-state index contributed by atoms with van der Waals surface area (Å²) in [5.41, 5.74) is 4.95. The number of aryl methyl sites for hydroxylation is 1. The van der Waals surface area contributed by atoms with Gasteiger partial charge in [0.1, 0.15) is 0 Å². The molecule has 0 radical (unpaired) electrons. The molecule has 2 aromatic heterocycles. The molecule has 0 saturated carbocycles. The molecule has 0 aliphatic carbocycles. The quantitative estimate of drug-likeness (QED) is 0.412. The van der Waals surface area contributed by atoms with Crippen LogP contribution in [0.2, 0.25) is 0 Å². The number of esters is 1. The fourth-order valence-electron chi connectivity index (χ4n) is 4.39. The second kappa shape index (κ2) is 9.34. The molecule has 0 amide bonds. The number of aromatic nitrogens is 4. The molecule has 0 bridgehead atoms. The Morgan fingerprint density at radius 2 is 1.80 bits per heavy atom. The second-order valence-corrected chi connectivity index (χ2v) is 8.62. The highest BCUT2D eigenvalue weighted by Gasteiger charge is 2.16. The van der Waals surface area contributed by atoms with Crippen molar-refractivity contribution in [1.29, 1.82) is 0 Å². The Kier molecular flexibility index (Phi) is 6.08. The summed E-state index contributed by atoms with van der Waals surface area (Å²) in [6.45, 7) is 5.32. The summed E-state index contributed by atoms with van der Waals surface area (Å²) in [5.74, 6) is 0.302. The number of benzene rings is 2. The molecular weight excluding hydrogens is 446 g/mol. The number of methoxy groups -OCH3 is 1. The fraction of sp³-hybridized carbons (Fsp3) is 0.308. The maximum Gasteiger partial charge on any atom is 0.337 e. The minimum absolute atomic E-state index is 0.0766. The predicted molar refractivity (Wildman–Crippen MR) is 133 cm³/mol. The van der Waals surface area contributed by atoms with E-state index in [9.17, 15) is 9.59 Å². The van der Waals surface area contributed by atoms with Crippen LogP contribution in [0.1, 0.15) is 21.5 Å². The van der Waals surface area contributed by atoms with Crippen molar-refractivity contribution in [2.75, 3.05) is 38.3 Å². The smallest absolute Gasteiger partial charge is 0.337 e. The van der Waals surface area contributed by atoms with Gasteiger partial charge < -0.3 is 14.4 Å². The molecule has 1 aliphatic heterocycles. The van der Waals surface area contributed by atoms with Gasteiger partial charge in [-0.05, 0) is 47.9 Å². The molecule has 9 nitrogen and oxygen atoms in total. The van der Waals surface area contributed by atoms with E-state index < -0.39 is 0 Å². The van der Waals surface area contributed by atoms with Crippen LogP contribution < -0.4 is 10.5 Å². The van der Waals surface area contributed by atoms with Crippen molar-refractivity contribution in [2.45, 2.75) is 13.5 Å². The van der Waals surface area contributed by atoms with Crippen LogP contribution in [0.5, 0.6) is 0 Å². The molecule has 0 spiro atoms. The van der Waals surface area contributed by atoms with Gasteiger partial charge in [-0.1, -0.05) is 12.1 Å². The van der Waals surface area contributed by atoms with Crippen LogP contribution in [0.4, 0.5) is 5.95 Å². The fourth-order valence-corrected chi connectivity index (χ4v) is 4.39. The predicted octanol–water partition coefficient (Wildman–Crippen LogP) is 2.78. The summed E-state index contributed by atoms with van der Waals surface area (Å²) in [7, 11) is 3.12. The van der Waals surface area contributed by atoms with Gasteiger partial charge >= 0.3 is 5.97 Å². The monoisotopic (exact) mass is 473 g/mol. The summed E-state index contributed by atoms with van der Waals surface area (Å²) in [4.78, 5) is 36.2. The molecule has 1 fully saturated rings. The maximum absolute atomic E-state index is 12.9. The number of morpholine rings is 1. The first kappa shape index (κ1) is 22.8. The van der Waals surface area contributed by atoms with E-state index in [1.165, 1.54) is 7.11 Å². The SMILES string of the molecule is COC(=O)c1ccc(C)c(Cn2c3cc(-c4cnc(N5CCOCC5)nc4)ccc3c(=O)n2C)c1. The standard InChI is InChI=1S/C26H27N5O4/c1-17-4-5-19(25(33)34-3)12-20(17)16-31-23-13-18(6-7-22(23)24(32)29(31)2)21-14-27-26(28-15-21)30-8-10-35-11-9-30/h4-7,12-15H,8-11,16H2,1-3H3. The van der Waals surface area contributed by atoms with Crippen molar-refractivity contribution in [3.63, 3.8) is 0 Å². The molecular formula is C26H27N5O4. The van der Waals surface area contributed by atoms with Gasteiger partial charge in [0, 0.05) is 38.1 Å². The van der Waals surface area contributed by atoms with Gasteiger partial charge in [-0.15, -0.1) is 0 Å². The van der Waals surface area contributed by atoms with Crippen LogP contribution in [-0.2, 0) is 23.1 Å². The number of carbonyl (C=O) groups is 1. The lowest BCUT2D eigenvalue weighted by Crippen LogP contribution is -2.37. The number of rotatable bonds is 5. The second-order valence-electron chi connectivity index (χ2n) is 8.62. The van der Waals surface area contributed by atoms with Crippen molar-refractivity contribution in [2.24, 2.45) is 7.05 Å². The number of hydrogen-bond acceptors (Lipinski definition) is 7. The molecule has 0 N–H and O–H groups in total. The number of hydrogen-bond donors (Lipinski definition) is 0. The van der Waals surface area contributed by atoms with Gasteiger partial charge in [0.05, 0.1) is 43.3 Å². The highest BCUT2D eigenvalue weighted by molar-refractivity contribution is 5.89. The lowest BCUT2D eigenvalue weighted by molar-refractivity contribution is 0.0600. The van der Waals surface area contributed by atoms with Crippen LogP contribution in [0.25, 0.3) is 22.0 Å². The van der Waals surface area contributed by atoms with Gasteiger partial charge in [-0.25, -0.2) is 14.8 Å². The number of nitrogens with zero attached hydrogens (tertiary/aromatic N) is 5. The van der Waals surface area contributed by atoms with Crippen molar-refractivity contribution in [3.8, 4) is 11.1 Å². The third kappa shape index (κ3) is 4.30. The minimum Gasteiger partial charge on any atom is -0.465 e. The highest BCUT2D eigenvalue weighted by atomic mass is 16.5. The van der Waals surface area contributed by atoms with Gasteiger partial charge in [0.25, 0.3) is 5.56 Å². The average Bonchev–Trinajstić information content (AvgIpc) is 3.14. The zero-order valence-electron chi connectivity index (χ0n) is 20.0. The van der Waals surface area contributed by atoms with Crippen LogP contribution in [-0.4, -0.2) is 58.7 Å². The number of anilines is 1. The highest BCUT2D eigenvalue weighted by Crippen LogP contribution is 2.25. The average molecular weight is 474 g/mol. The van der Waals surface area contributed by atoms with Gasteiger partial charge in [-0.3, -0.25) is 14.2 Å². The maximum atomic E-state index is 12.9. The van der Waals surface area contributed by atoms with Crippen LogP contribution in [0.15, 0.2) is 53.6 Å². The van der Waals surface area contributed by atoms with Crippen LogP contribution >= 0.6 is 0 Å². The summed E-state index contributed by atoms with van der Waals surface area (Å²) in [6.07, 6.45) is 3.63. The zero-order chi connectivity index (χ0) is 24.5. The number of ether oxygens (including phenoxy) is 2. The van der Waals surface area contributed by atoms with E-state index >= 15 is 0 Å². The summed E-state index contributed by atoms with van der Waals surface area (Å²) in [5, 5.41) is 0.629.